The van der Waals surface area contributed by atoms with E-state index in [0.29, 0.717) is 28.1 Å². The van der Waals surface area contributed by atoms with Gasteiger partial charge >= 0.3 is 0 Å². The molecule has 0 N–H and O–H groups in total. The Morgan fingerprint density at radius 3 is 2.79 bits per heavy atom. The molecule has 4 nitrogen and oxygen atoms in total. The van der Waals surface area contributed by atoms with Gasteiger partial charge in [-0.2, -0.15) is 0 Å². The third-order valence-electron chi connectivity index (χ3n) is 3.90. The SMILES string of the molecule is Cc1cc(C)c2c(=O)n(CC(=O)CCc3ccccc3Cl)sc2n1. The Labute approximate surface area is 148 Å². The van der Waals surface area contributed by atoms with E-state index in [-0.39, 0.29) is 17.9 Å². The van der Waals surface area contributed by atoms with Gasteiger partial charge in [-0.15, -0.1) is 0 Å². The van der Waals surface area contributed by atoms with Gasteiger partial charge in [0.15, 0.2) is 5.78 Å². The molecule has 0 aliphatic carbocycles. The summed E-state index contributed by atoms with van der Waals surface area (Å²) in [5, 5.41) is 1.28. The van der Waals surface area contributed by atoms with E-state index < -0.39 is 0 Å². The highest BCUT2D eigenvalue weighted by Gasteiger charge is 2.14. The monoisotopic (exact) mass is 360 g/mol. The molecule has 2 aromatic heterocycles. The highest BCUT2D eigenvalue weighted by molar-refractivity contribution is 7.13. The number of aromatic nitrogens is 2. The van der Waals surface area contributed by atoms with Crippen molar-refractivity contribution in [2.24, 2.45) is 0 Å². The number of pyridine rings is 1. The number of halogens is 1. The fourth-order valence-corrected chi connectivity index (χ4v) is 4.06. The maximum atomic E-state index is 12.5. The number of fused-ring (bicyclic) bond motifs is 1. The molecule has 0 fully saturated rings. The zero-order valence-corrected chi connectivity index (χ0v) is 15.1. The van der Waals surface area contributed by atoms with Crippen LogP contribution in [0.2, 0.25) is 5.02 Å². The lowest BCUT2D eigenvalue weighted by molar-refractivity contribution is -0.119. The molecule has 2 heterocycles. The molecule has 0 radical (unpaired) electrons. The van der Waals surface area contributed by atoms with E-state index in [1.54, 1.807) is 0 Å². The first-order valence-corrected chi connectivity index (χ1v) is 8.84. The van der Waals surface area contributed by atoms with Gasteiger partial charge < -0.3 is 0 Å². The number of Topliss-reactive ketones (excluding diaryl/α,β-unsaturated/α-hetero) is 1. The van der Waals surface area contributed by atoms with E-state index in [0.717, 1.165) is 16.8 Å². The van der Waals surface area contributed by atoms with Crippen molar-refractivity contribution in [2.75, 3.05) is 0 Å². The van der Waals surface area contributed by atoms with Crippen LogP contribution in [0, 0.1) is 13.8 Å². The summed E-state index contributed by atoms with van der Waals surface area (Å²) >= 11 is 7.36. The van der Waals surface area contributed by atoms with E-state index in [9.17, 15) is 9.59 Å². The van der Waals surface area contributed by atoms with E-state index >= 15 is 0 Å². The van der Waals surface area contributed by atoms with Crippen molar-refractivity contribution in [1.82, 2.24) is 8.94 Å². The molecule has 0 aliphatic rings. The molecule has 0 amide bonds. The maximum absolute atomic E-state index is 12.5. The molecule has 24 heavy (non-hydrogen) atoms. The molecule has 0 spiro atoms. The van der Waals surface area contributed by atoms with E-state index in [4.69, 9.17) is 11.6 Å². The van der Waals surface area contributed by atoms with Crippen molar-refractivity contribution in [3.63, 3.8) is 0 Å². The first kappa shape index (κ1) is 16.9. The summed E-state index contributed by atoms with van der Waals surface area (Å²) < 4.78 is 1.50. The Bertz CT molecular complexity index is 975. The number of aryl methyl sites for hydroxylation is 3. The Hall–Kier alpha value is -1.98. The van der Waals surface area contributed by atoms with Gasteiger partial charge in [0.1, 0.15) is 4.83 Å². The second-order valence-corrected chi connectivity index (χ2v) is 7.24. The molecule has 124 valence electrons. The summed E-state index contributed by atoms with van der Waals surface area (Å²) in [4.78, 5) is 29.8. The normalized spacial score (nSPS) is 11.1. The lowest BCUT2D eigenvalue weighted by Crippen LogP contribution is -2.19. The smallest absolute Gasteiger partial charge is 0.270 e. The topological polar surface area (TPSA) is 52.0 Å². The quantitative estimate of drug-likeness (QED) is 0.692. The number of rotatable bonds is 5. The molecule has 3 aromatic rings. The van der Waals surface area contributed by atoms with Crippen LogP contribution in [-0.2, 0) is 17.8 Å². The molecule has 0 aliphatic heterocycles. The van der Waals surface area contributed by atoms with Gasteiger partial charge in [-0.25, -0.2) is 4.98 Å². The second-order valence-electron chi connectivity index (χ2n) is 5.82. The minimum absolute atomic E-state index is 0.0120. The van der Waals surface area contributed by atoms with Crippen LogP contribution >= 0.6 is 23.1 Å². The average Bonchev–Trinajstić information content (AvgIpc) is 2.82. The van der Waals surface area contributed by atoms with Gasteiger partial charge in [-0.3, -0.25) is 13.5 Å². The average molecular weight is 361 g/mol. The maximum Gasteiger partial charge on any atom is 0.270 e. The molecule has 0 unspecified atom stereocenters. The third kappa shape index (κ3) is 3.42. The van der Waals surface area contributed by atoms with Crippen molar-refractivity contribution in [3.8, 4) is 0 Å². The minimum Gasteiger partial charge on any atom is -0.298 e. The zero-order valence-electron chi connectivity index (χ0n) is 13.5. The van der Waals surface area contributed by atoms with Gasteiger partial charge in [0.2, 0.25) is 0 Å². The summed E-state index contributed by atoms with van der Waals surface area (Å²) in [5.74, 6) is 0.0120. The molecule has 0 saturated carbocycles. The molecule has 1 aromatic carbocycles. The summed E-state index contributed by atoms with van der Waals surface area (Å²) in [6.45, 7) is 3.88. The standard InChI is InChI=1S/C18H17ClN2O2S/c1-11-9-12(2)20-17-16(11)18(23)21(24-17)10-14(22)8-7-13-5-3-4-6-15(13)19/h3-6,9H,7-8,10H2,1-2H3. The van der Waals surface area contributed by atoms with Crippen LogP contribution in [0.25, 0.3) is 10.2 Å². The highest BCUT2D eigenvalue weighted by atomic mass is 35.5. The predicted octanol–water partition coefficient (Wildman–Crippen LogP) is 3.93. The number of hydrogen-bond donors (Lipinski definition) is 0. The van der Waals surface area contributed by atoms with E-state index in [2.05, 4.69) is 4.98 Å². The molecule has 0 bridgehead atoms. The lowest BCUT2D eigenvalue weighted by atomic mass is 10.1. The van der Waals surface area contributed by atoms with Gasteiger partial charge in [0.25, 0.3) is 5.56 Å². The highest BCUT2D eigenvalue weighted by Crippen LogP contribution is 2.20. The van der Waals surface area contributed by atoms with E-state index in [1.165, 1.54) is 15.5 Å². The fraction of sp³-hybridized carbons (Fsp3) is 0.278. The molecule has 0 atom stereocenters. The summed E-state index contributed by atoms with van der Waals surface area (Å²) in [5.41, 5.74) is 2.59. The number of hydrogen-bond acceptors (Lipinski definition) is 4. The van der Waals surface area contributed by atoms with Crippen molar-refractivity contribution >= 4 is 39.1 Å². The van der Waals surface area contributed by atoms with Crippen molar-refractivity contribution in [1.29, 1.82) is 0 Å². The minimum atomic E-state index is -0.133. The molecular formula is C18H17ClN2O2S. The van der Waals surface area contributed by atoms with Gasteiger partial charge in [0, 0.05) is 17.1 Å². The number of benzene rings is 1. The van der Waals surface area contributed by atoms with Crippen LogP contribution in [0.4, 0.5) is 0 Å². The Morgan fingerprint density at radius 1 is 1.29 bits per heavy atom. The number of ketones is 1. The number of carbonyl (C=O) groups is 1. The van der Waals surface area contributed by atoms with Crippen LogP contribution < -0.4 is 5.56 Å². The first-order valence-electron chi connectivity index (χ1n) is 7.69. The van der Waals surface area contributed by atoms with Crippen molar-refractivity contribution in [3.05, 3.63) is 62.5 Å². The zero-order chi connectivity index (χ0) is 17.3. The van der Waals surface area contributed by atoms with Crippen LogP contribution in [0.5, 0.6) is 0 Å². The summed E-state index contributed by atoms with van der Waals surface area (Å²) in [6.07, 6.45) is 0.935. The number of carbonyl (C=O) groups excluding carboxylic acids is 1. The summed E-state index contributed by atoms with van der Waals surface area (Å²) in [6, 6.07) is 9.38. The van der Waals surface area contributed by atoms with Crippen molar-refractivity contribution in [2.45, 2.75) is 33.2 Å². The molecule has 6 heteroatoms. The molecule has 3 rings (SSSR count). The molecule has 0 saturated heterocycles. The Balaban J connectivity index is 1.76. The van der Waals surface area contributed by atoms with Crippen LogP contribution in [0.3, 0.4) is 0 Å². The second kappa shape index (κ2) is 6.87. The van der Waals surface area contributed by atoms with E-state index in [1.807, 2.05) is 44.2 Å². The van der Waals surface area contributed by atoms with Gasteiger partial charge in [-0.05, 0) is 55.1 Å². The summed E-state index contributed by atoms with van der Waals surface area (Å²) in [7, 11) is 0. The van der Waals surface area contributed by atoms with Crippen LogP contribution in [0.1, 0.15) is 23.2 Å². The van der Waals surface area contributed by atoms with Gasteiger partial charge in [-0.1, -0.05) is 29.8 Å². The van der Waals surface area contributed by atoms with Gasteiger partial charge in [0.05, 0.1) is 11.9 Å². The van der Waals surface area contributed by atoms with Crippen LogP contribution in [-0.4, -0.2) is 14.7 Å². The first-order chi connectivity index (χ1) is 11.5. The molecular weight excluding hydrogens is 344 g/mol. The third-order valence-corrected chi connectivity index (χ3v) is 5.25. The predicted molar refractivity (Wildman–Crippen MR) is 98.1 cm³/mol. The fourth-order valence-electron chi connectivity index (χ4n) is 2.72. The number of nitrogens with zero attached hydrogens (tertiary/aromatic N) is 2. The lowest BCUT2D eigenvalue weighted by Gasteiger charge is -2.03. The Morgan fingerprint density at radius 2 is 2.04 bits per heavy atom. The largest absolute Gasteiger partial charge is 0.298 e. The Kier molecular flexibility index (Phi) is 4.83. The van der Waals surface area contributed by atoms with Crippen LogP contribution in [0.15, 0.2) is 35.1 Å². The van der Waals surface area contributed by atoms with Crippen molar-refractivity contribution < 1.29 is 4.79 Å².